The Labute approximate surface area is 113 Å². The quantitative estimate of drug-likeness (QED) is 0.838. The molecule has 1 amide bonds. The van der Waals surface area contributed by atoms with Crippen molar-refractivity contribution in [3.05, 3.63) is 23.8 Å². The number of fused-ring (bicyclic) bond motifs is 1. The summed E-state index contributed by atoms with van der Waals surface area (Å²) in [5.74, 6) is 1.25. The van der Waals surface area contributed by atoms with E-state index in [1.807, 2.05) is 32.0 Å². The Morgan fingerprint density at radius 2 is 2.11 bits per heavy atom. The van der Waals surface area contributed by atoms with Gasteiger partial charge in [0.2, 0.25) is 5.91 Å². The molecule has 1 heterocycles. The molecule has 0 spiro atoms. The normalized spacial score (nSPS) is 14.2. The van der Waals surface area contributed by atoms with Crippen molar-refractivity contribution in [2.45, 2.75) is 32.4 Å². The molecule has 0 aliphatic carbocycles. The second kappa shape index (κ2) is 5.48. The summed E-state index contributed by atoms with van der Waals surface area (Å²) < 4.78 is 11.2. The van der Waals surface area contributed by atoms with E-state index >= 15 is 0 Å². The van der Waals surface area contributed by atoms with Crippen LogP contribution in [-0.2, 0) is 11.3 Å². The number of rotatable bonds is 5. The average molecular weight is 264 g/mol. The van der Waals surface area contributed by atoms with Crippen molar-refractivity contribution in [2.75, 3.05) is 13.2 Å². The van der Waals surface area contributed by atoms with Gasteiger partial charge < -0.3 is 20.5 Å². The molecule has 19 heavy (non-hydrogen) atoms. The molecule has 0 unspecified atom stereocenters. The van der Waals surface area contributed by atoms with Gasteiger partial charge >= 0.3 is 0 Å². The van der Waals surface area contributed by atoms with Gasteiger partial charge in [0.05, 0.1) is 0 Å². The SMILES string of the molecule is CC(C)(CC(N)=O)NCc1cccc2c1OCCO2. The van der Waals surface area contributed by atoms with Crippen molar-refractivity contribution in [2.24, 2.45) is 5.73 Å². The lowest BCUT2D eigenvalue weighted by Gasteiger charge is -2.26. The number of benzene rings is 1. The van der Waals surface area contributed by atoms with Crippen molar-refractivity contribution in [1.29, 1.82) is 0 Å². The van der Waals surface area contributed by atoms with Gasteiger partial charge in [0.15, 0.2) is 11.5 Å². The third kappa shape index (κ3) is 3.61. The van der Waals surface area contributed by atoms with Crippen LogP contribution in [0, 0.1) is 0 Å². The van der Waals surface area contributed by atoms with Crippen molar-refractivity contribution >= 4 is 5.91 Å². The van der Waals surface area contributed by atoms with Gasteiger partial charge in [-0.2, -0.15) is 0 Å². The van der Waals surface area contributed by atoms with Gasteiger partial charge in [-0.3, -0.25) is 4.79 Å². The van der Waals surface area contributed by atoms with E-state index in [1.165, 1.54) is 0 Å². The first kappa shape index (κ1) is 13.7. The van der Waals surface area contributed by atoms with Crippen LogP contribution >= 0.6 is 0 Å². The Balaban J connectivity index is 2.05. The molecule has 0 fully saturated rings. The third-order valence-corrected chi connectivity index (χ3v) is 3.02. The van der Waals surface area contributed by atoms with Crippen LogP contribution in [0.2, 0.25) is 0 Å². The summed E-state index contributed by atoms with van der Waals surface area (Å²) in [4.78, 5) is 11.0. The molecule has 1 aliphatic rings. The number of hydrogen-bond donors (Lipinski definition) is 2. The van der Waals surface area contributed by atoms with E-state index in [2.05, 4.69) is 5.32 Å². The van der Waals surface area contributed by atoms with Gasteiger partial charge in [-0.1, -0.05) is 12.1 Å². The summed E-state index contributed by atoms with van der Waals surface area (Å²) in [5, 5.41) is 3.32. The molecule has 2 rings (SSSR count). The van der Waals surface area contributed by atoms with Crippen LogP contribution in [0.5, 0.6) is 11.5 Å². The van der Waals surface area contributed by atoms with Gasteiger partial charge in [-0.05, 0) is 19.9 Å². The monoisotopic (exact) mass is 264 g/mol. The molecule has 0 atom stereocenters. The fourth-order valence-corrected chi connectivity index (χ4v) is 2.11. The molecule has 0 radical (unpaired) electrons. The Morgan fingerprint density at radius 1 is 1.37 bits per heavy atom. The number of primary amides is 1. The largest absolute Gasteiger partial charge is 0.486 e. The van der Waals surface area contributed by atoms with Crippen LogP contribution in [0.4, 0.5) is 0 Å². The maximum Gasteiger partial charge on any atom is 0.219 e. The van der Waals surface area contributed by atoms with Gasteiger partial charge in [0.25, 0.3) is 0 Å². The summed E-state index contributed by atoms with van der Waals surface area (Å²) in [5.41, 5.74) is 5.91. The van der Waals surface area contributed by atoms with E-state index in [0.717, 1.165) is 17.1 Å². The van der Waals surface area contributed by atoms with E-state index in [-0.39, 0.29) is 11.4 Å². The standard InChI is InChI=1S/C14H20N2O3/c1-14(2,8-12(15)17)16-9-10-4-3-5-11-13(10)19-7-6-18-11/h3-5,16H,6-9H2,1-2H3,(H2,15,17). The second-order valence-electron chi connectivity index (χ2n) is 5.32. The Hall–Kier alpha value is -1.75. The smallest absolute Gasteiger partial charge is 0.219 e. The zero-order chi connectivity index (χ0) is 13.9. The number of para-hydroxylation sites is 1. The molecule has 5 nitrogen and oxygen atoms in total. The predicted molar refractivity (Wildman–Crippen MR) is 72.2 cm³/mol. The number of ether oxygens (including phenoxy) is 2. The first-order valence-electron chi connectivity index (χ1n) is 6.39. The number of carbonyl (C=O) groups excluding carboxylic acids is 1. The maximum absolute atomic E-state index is 11.0. The van der Waals surface area contributed by atoms with E-state index in [1.54, 1.807) is 0 Å². The van der Waals surface area contributed by atoms with Crippen LogP contribution in [0.15, 0.2) is 18.2 Å². The second-order valence-corrected chi connectivity index (χ2v) is 5.32. The summed E-state index contributed by atoms with van der Waals surface area (Å²) in [6, 6.07) is 5.82. The minimum Gasteiger partial charge on any atom is -0.486 e. The molecule has 0 saturated heterocycles. The average Bonchev–Trinajstić information content (AvgIpc) is 2.35. The fraction of sp³-hybridized carbons (Fsp3) is 0.500. The molecular formula is C14H20N2O3. The molecule has 1 aliphatic heterocycles. The lowest BCUT2D eigenvalue weighted by Crippen LogP contribution is -2.42. The van der Waals surface area contributed by atoms with Crippen molar-refractivity contribution in [1.82, 2.24) is 5.32 Å². The molecule has 5 heteroatoms. The van der Waals surface area contributed by atoms with Crippen LogP contribution in [0.3, 0.4) is 0 Å². The van der Waals surface area contributed by atoms with E-state index in [0.29, 0.717) is 26.2 Å². The maximum atomic E-state index is 11.0. The summed E-state index contributed by atoms with van der Waals surface area (Å²) in [7, 11) is 0. The van der Waals surface area contributed by atoms with Crippen molar-refractivity contribution < 1.29 is 14.3 Å². The minimum absolute atomic E-state index is 0.291. The lowest BCUT2D eigenvalue weighted by molar-refractivity contribution is -0.119. The molecule has 0 aromatic heterocycles. The minimum atomic E-state index is -0.343. The van der Waals surface area contributed by atoms with Crippen LogP contribution in [-0.4, -0.2) is 24.7 Å². The lowest BCUT2D eigenvalue weighted by atomic mass is 9.99. The van der Waals surface area contributed by atoms with Gasteiger partial charge in [-0.15, -0.1) is 0 Å². The topological polar surface area (TPSA) is 73.6 Å². The zero-order valence-corrected chi connectivity index (χ0v) is 11.4. The zero-order valence-electron chi connectivity index (χ0n) is 11.4. The molecule has 1 aromatic carbocycles. The summed E-state index contributed by atoms with van der Waals surface area (Å²) in [6.45, 7) is 5.65. The number of nitrogens with one attached hydrogen (secondary N) is 1. The highest BCUT2D eigenvalue weighted by Crippen LogP contribution is 2.33. The first-order valence-corrected chi connectivity index (χ1v) is 6.39. The Kier molecular flexibility index (Phi) is 3.95. The number of hydrogen-bond acceptors (Lipinski definition) is 4. The molecule has 3 N–H and O–H groups in total. The van der Waals surface area contributed by atoms with Gasteiger partial charge in [-0.25, -0.2) is 0 Å². The highest BCUT2D eigenvalue weighted by Gasteiger charge is 2.21. The summed E-state index contributed by atoms with van der Waals surface area (Å²) >= 11 is 0. The highest BCUT2D eigenvalue weighted by molar-refractivity contribution is 5.75. The highest BCUT2D eigenvalue weighted by atomic mass is 16.6. The Morgan fingerprint density at radius 3 is 2.84 bits per heavy atom. The number of amides is 1. The van der Waals surface area contributed by atoms with Crippen LogP contribution < -0.4 is 20.5 Å². The van der Waals surface area contributed by atoms with Gasteiger partial charge in [0.1, 0.15) is 13.2 Å². The molecule has 104 valence electrons. The molecule has 1 aromatic rings. The molecule has 0 bridgehead atoms. The molecule has 0 saturated carbocycles. The Bertz CT molecular complexity index is 472. The van der Waals surface area contributed by atoms with Gasteiger partial charge in [0, 0.05) is 24.1 Å². The van der Waals surface area contributed by atoms with E-state index in [9.17, 15) is 4.79 Å². The van der Waals surface area contributed by atoms with Crippen molar-refractivity contribution in [3.63, 3.8) is 0 Å². The predicted octanol–water partition coefficient (Wildman–Crippen LogP) is 1.20. The van der Waals surface area contributed by atoms with Crippen molar-refractivity contribution in [3.8, 4) is 11.5 Å². The fourth-order valence-electron chi connectivity index (χ4n) is 2.11. The third-order valence-electron chi connectivity index (χ3n) is 3.02. The van der Waals surface area contributed by atoms with Crippen LogP contribution in [0.1, 0.15) is 25.8 Å². The van der Waals surface area contributed by atoms with E-state index in [4.69, 9.17) is 15.2 Å². The number of nitrogens with two attached hydrogens (primary N) is 1. The van der Waals surface area contributed by atoms with Crippen LogP contribution in [0.25, 0.3) is 0 Å². The number of carbonyl (C=O) groups is 1. The summed E-state index contributed by atoms with van der Waals surface area (Å²) in [6.07, 6.45) is 0.291. The van der Waals surface area contributed by atoms with E-state index < -0.39 is 0 Å². The first-order chi connectivity index (χ1) is 8.98. The molecular weight excluding hydrogens is 244 g/mol.